The Labute approximate surface area is 141 Å². The lowest BCUT2D eigenvalue weighted by Gasteiger charge is -2.15. The number of thiocarbonyl (C=S) groups is 1. The first-order valence-corrected chi connectivity index (χ1v) is 8.03. The maximum atomic E-state index is 13.0. The SMILES string of the molecule is O=C(COC(=O)c1cccc(F)c1)NCCN1C(=O)CSC1=S. The summed E-state index contributed by atoms with van der Waals surface area (Å²) in [4.78, 5) is 36.1. The molecule has 1 aromatic rings. The summed E-state index contributed by atoms with van der Waals surface area (Å²) >= 11 is 6.28. The lowest BCUT2D eigenvalue weighted by molar-refractivity contribution is -0.126. The first-order chi connectivity index (χ1) is 11.0. The first-order valence-electron chi connectivity index (χ1n) is 6.64. The van der Waals surface area contributed by atoms with E-state index in [-0.39, 0.29) is 24.6 Å². The minimum absolute atomic E-state index is 0.0304. The fraction of sp³-hybridized carbons (Fsp3) is 0.286. The molecule has 6 nitrogen and oxygen atoms in total. The maximum Gasteiger partial charge on any atom is 0.338 e. The Kier molecular flexibility index (Phi) is 6.05. The van der Waals surface area contributed by atoms with Crippen LogP contribution >= 0.6 is 24.0 Å². The van der Waals surface area contributed by atoms with Crippen molar-refractivity contribution in [2.45, 2.75) is 0 Å². The van der Waals surface area contributed by atoms with Crippen LogP contribution < -0.4 is 5.32 Å². The lowest BCUT2D eigenvalue weighted by atomic mass is 10.2. The van der Waals surface area contributed by atoms with Gasteiger partial charge in [0.25, 0.3) is 5.91 Å². The zero-order valence-electron chi connectivity index (χ0n) is 11.9. The predicted octanol–water partition coefficient (Wildman–Crippen LogP) is 0.959. The van der Waals surface area contributed by atoms with E-state index < -0.39 is 24.3 Å². The molecular weight excluding hydrogens is 343 g/mol. The van der Waals surface area contributed by atoms with Gasteiger partial charge in [0.15, 0.2) is 6.61 Å². The van der Waals surface area contributed by atoms with Crippen molar-refractivity contribution in [3.8, 4) is 0 Å². The van der Waals surface area contributed by atoms with Crippen molar-refractivity contribution in [2.24, 2.45) is 0 Å². The molecular formula is C14H13FN2O4S2. The number of hydrogen-bond acceptors (Lipinski definition) is 6. The lowest BCUT2D eigenvalue weighted by Crippen LogP contribution is -2.38. The summed E-state index contributed by atoms with van der Waals surface area (Å²) in [6.07, 6.45) is 0. The smallest absolute Gasteiger partial charge is 0.338 e. The minimum Gasteiger partial charge on any atom is -0.452 e. The molecule has 1 aromatic carbocycles. The van der Waals surface area contributed by atoms with Gasteiger partial charge in [-0.2, -0.15) is 0 Å². The van der Waals surface area contributed by atoms with Gasteiger partial charge in [-0.25, -0.2) is 9.18 Å². The molecule has 9 heteroatoms. The van der Waals surface area contributed by atoms with Gasteiger partial charge in [-0.15, -0.1) is 0 Å². The molecule has 1 fully saturated rings. The van der Waals surface area contributed by atoms with Crippen LogP contribution in [0.3, 0.4) is 0 Å². The number of carbonyl (C=O) groups is 3. The third-order valence-corrected chi connectivity index (χ3v) is 4.33. The van der Waals surface area contributed by atoms with Gasteiger partial charge in [-0.3, -0.25) is 14.5 Å². The minimum atomic E-state index is -0.785. The Balaban J connectivity index is 1.70. The van der Waals surface area contributed by atoms with Gasteiger partial charge in [0.2, 0.25) is 5.91 Å². The number of ether oxygens (including phenoxy) is 1. The molecule has 0 aromatic heterocycles. The van der Waals surface area contributed by atoms with E-state index in [1.807, 2.05) is 0 Å². The summed E-state index contributed by atoms with van der Waals surface area (Å²) in [5.41, 5.74) is 0.0304. The van der Waals surface area contributed by atoms with Crippen LogP contribution in [0.4, 0.5) is 4.39 Å². The second-order valence-corrected chi connectivity index (χ2v) is 6.15. The number of benzene rings is 1. The van der Waals surface area contributed by atoms with Crippen LogP contribution in [0.2, 0.25) is 0 Å². The van der Waals surface area contributed by atoms with Gasteiger partial charge in [0, 0.05) is 13.1 Å². The molecule has 2 rings (SSSR count). The Morgan fingerprint density at radius 1 is 1.43 bits per heavy atom. The predicted molar refractivity (Wildman–Crippen MR) is 86.5 cm³/mol. The van der Waals surface area contributed by atoms with Crippen molar-refractivity contribution in [3.05, 3.63) is 35.6 Å². The van der Waals surface area contributed by atoms with Crippen molar-refractivity contribution < 1.29 is 23.5 Å². The largest absolute Gasteiger partial charge is 0.452 e. The van der Waals surface area contributed by atoms with Crippen LogP contribution in [-0.4, -0.2) is 52.5 Å². The fourth-order valence-corrected chi connectivity index (χ4v) is 2.91. The van der Waals surface area contributed by atoms with Crippen LogP contribution in [0.15, 0.2) is 24.3 Å². The molecule has 0 aliphatic carbocycles. The molecule has 0 atom stereocenters. The van der Waals surface area contributed by atoms with Gasteiger partial charge in [-0.05, 0) is 18.2 Å². The summed E-state index contributed by atoms with van der Waals surface area (Å²) < 4.78 is 18.2. The summed E-state index contributed by atoms with van der Waals surface area (Å²) in [5.74, 6) is -1.63. The van der Waals surface area contributed by atoms with Crippen LogP contribution in [-0.2, 0) is 14.3 Å². The molecule has 1 N–H and O–H groups in total. The number of hydrogen-bond donors (Lipinski definition) is 1. The third kappa shape index (κ3) is 5.00. The Morgan fingerprint density at radius 2 is 2.22 bits per heavy atom. The third-order valence-electron chi connectivity index (χ3n) is 2.89. The van der Waals surface area contributed by atoms with Crippen LogP contribution in [0, 0.1) is 5.82 Å². The average Bonchev–Trinajstić information content (AvgIpc) is 2.84. The van der Waals surface area contributed by atoms with Gasteiger partial charge in [-0.1, -0.05) is 30.0 Å². The summed E-state index contributed by atoms with van der Waals surface area (Å²) in [5, 5.41) is 2.52. The molecule has 122 valence electrons. The second kappa shape index (κ2) is 8.02. The molecule has 23 heavy (non-hydrogen) atoms. The topological polar surface area (TPSA) is 75.7 Å². The number of nitrogens with zero attached hydrogens (tertiary/aromatic N) is 1. The molecule has 0 saturated carbocycles. The zero-order chi connectivity index (χ0) is 16.8. The fourth-order valence-electron chi connectivity index (χ4n) is 1.79. The monoisotopic (exact) mass is 356 g/mol. The van der Waals surface area contributed by atoms with E-state index in [9.17, 15) is 18.8 Å². The highest BCUT2D eigenvalue weighted by atomic mass is 32.2. The normalized spacial score (nSPS) is 14.0. The van der Waals surface area contributed by atoms with Crippen molar-refractivity contribution in [3.63, 3.8) is 0 Å². The van der Waals surface area contributed by atoms with Gasteiger partial charge >= 0.3 is 5.97 Å². The highest BCUT2D eigenvalue weighted by molar-refractivity contribution is 8.23. The van der Waals surface area contributed by atoms with Crippen molar-refractivity contribution >= 4 is 46.1 Å². The summed E-state index contributed by atoms with van der Waals surface area (Å²) in [6.45, 7) is -0.0144. The van der Waals surface area contributed by atoms with Gasteiger partial charge < -0.3 is 10.1 Å². The molecule has 1 saturated heterocycles. The van der Waals surface area contributed by atoms with Gasteiger partial charge in [0.1, 0.15) is 10.1 Å². The quantitative estimate of drug-likeness (QED) is 0.604. The summed E-state index contributed by atoms with van der Waals surface area (Å²) in [7, 11) is 0. The molecule has 1 aliphatic heterocycles. The van der Waals surface area contributed by atoms with E-state index in [1.54, 1.807) is 0 Å². The average molecular weight is 356 g/mol. The number of thioether (sulfide) groups is 1. The van der Waals surface area contributed by atoms with E-state index >= 15 is 0 Å². The molecule has 0 bridgehead atoms. The summed E-state index contributed by atoms with van der Waals surface area (Å²) in [6, 6.07) is 4.99. The Hall–Kier alpha value is -2.00. The highest BCUT2D eigenvalue weighted by Crippen LogP contribution is 2.18. The number of nitrogens with one attached hydrogen (secondary N) is 1. The maximum absolute atomic E-state index is 13.0. The van der Waals surface area contributed by atoms with Crippen molar-refractivity contribution in [2.75, 3.05) is 25.4 Å². The van der Waals surface area contributed by atoms with Crippen LogP contribution in [0.1, 0.15) is 10.4 Å². The Morgan fingerprint density at radius 3 is 2.87 bits per heavy atom. The number of esters is 1. The molecule has 1 aliphatic rings. The van der Waals surface area contributed by atoms with E-state index in [4.69, 9.17) is 17.0 Å². The molecule has 0 spiro atoms. The zero-order valence-corrected chi connectivity index (χ0v) is 13.5. The highest BCUT2D eigenvalue weighted by Gasteiger charge is 2.25. The standard InChI is InChI=1S/C14H13FN2O4S2/c15-10-3-1-2-9(6-10)13(20)21-7-11(18)16-4-5-17-12(19)8-23-14(17)22/h1-3,6H,4-5,7-8H2,(H,16,18). The van der Waals surface area contributed by atoms with E-state index in [0.29, 0.717) is 10.1 Å². The molecule has 2 amide bonds. The number of amides is 2. The Bertz CT molecular complexity index is 637. The van der Waals surface area contributed by atoms with Crippen LogP contribution in [0.25, 0.3) is 0 Å². The second-order valence-electron chi connectivity index (χ2n) is 4.54. The van der Waals surface area contributed by atoms with Crippen LogP contribution in [0.5, 0.6) is 0 Å². The van der Waals surface area contributed by atoms with Crippen molar-refractivity contribution in [1.82, 2.24) is 10.2 Å². The number of carbonyl (C=O) groups excluding carboxylic acids is 3. The van der Waals surface area contributed by atoms with E-state index in [1.165, 1.54) is 34.9 Å². The van der Waals surface area contributed by atoms with Crippen molar-refractivity contribution in [1.29, 1.82) is 0 Å². The van der Waals surface area contributed by atoms with E-state index in [0.717, 1.165) is 6.07 Å². The van der Waals surface area contributed by atoms with Gasteiger partial charge in [0.05, 0.1) is 11.3 Å². The number of halogens is 1. The van der Waals surface area contributed by atoms with E-state index in [2.05, 4.69) is 5.32 Å². The number of rotatable bonds is 6. The molecule has 1 heterocycles. The molecule has 0 radical (unpaired) electrons. The first kappa shape index (κ1) is 17.4. The molecule has 0 unspecified atom stereocenters.